The monoisotopic (exact) mass is 246 g/mol. The molecule has 19 heavy (non-hydrogen) atoms. The van der Waals surface area contributed by atoms with E-state index < -0.39 is 0 Å². The molecule has 3 aromatic rings. The average Bonchev–Trinajstić information content (AvgIpc) is 2.47. The molecule has 3 rings (SSSR count). The van der Waals surface area contributed by atoms with E-state index in [0.717, 1.165) is 16.5 Å². The van der Waals surface area contributed by atoms with Gasteiger partial charge in [0.25, 0.3) is 0 Å². The Kier molecular flexibility index (Phi) is 2.58. The lowest BCUT2D eigenvalue weighted by Crippen LogP contribution is -1.97. The second-order valence-electron chi connectivity index (χ2n) is 4.14. The van der Waals surface area contributed by atoms with Crippen molar-refractivity contribution in [3.8, 4) is 17.5 Å². The zero-order valence-corrected chi connectivity index (χ0v) is 10.0. The number of hydrogen-bond donors (Lipinski definition) is 1. The molecule has 0 bridgehead atoms. The number of nitrogen functional groups attached to an aromatic ring is 1. The van der Waals surface area contributed by atoms with E-state index in [1.807, 2.05) is 36.4 Å². The molecule has 0 radical (unpaired) electrons. The van der Waals surface area contributed by atoms with E-state index in [1.54, 1.807) is 12.1 Å². The first-order chi connectivity index (χ1) is 9.28. The highest BCUT2D eigenvalue weighted by Crippen LogP contribution is 2.23. The minimum absolute atomic E-state index is 0.447. The van der Waals surface area contributed by atoms with Gasteiger partial charge in [-0.2, -0.15) is 5.26 Å². The minimum atomic E-state index is 0.447. The van der Waals surface area contributed by atoms with Gasteiger partial charge in [-0.1, -0.05) is 24.3 Å². The van der Waals surface area contributed by atoms with Crippen LogP contribution in [0.4, 0.5) is 5.82 Å². The van der Waals surface area contributed by atoms with Crippen LogP contribution in [0.15, 0.2) is 48.5 Å². The predicted octanol–water partition coefficient (Wildman–Crippen LogP) is 2.75. The highest BCUT2D eigenvalue weighted by Gasteiger charge is 2.07. The van der Waals surface area contributed by atoms with Crippen LogP contribution in [0.5, 0.6) is 0 Å². The van der Waals surface area contributed by atoms with Crippen LogP contribution < -0.4 is 5.73 Å². The molecular weight excluding hydrogens is 236 g/mol. The summed E-state index contributed by atoms with van der Waals surface area (Å²) in [5.74, 6) is 0.983. The molecule has 0 atom stereocenters. The van der Waals surface area contributed by atoms with E-state index in [1.165, 1.54) is 0 Å². The van der Waals surface area contributed by atoms with Crippen LogP contribution in [-0.2, 0) is 0 Å². The van der Waals surface area contributed by atoms with Crippen molar-refractivity contribution in [3.63, 3.8) is 0 Å². The van der Waals surface area contributed by atoms with Gasteiger partial charge < -0.3 is 5.73 Å². The summed E-state index contributed by atoms with van der Waals surface area (Å²) >= 11 is 0. The van der Waals surface area contributed by atoms with Gasteiger partial charge in [-0.25, -0.2) is 9.97 Å². The molecule has 0 fully saturated rings. The molecule has 2 N–H and O–H groups in total. The van der Waals surface area contributed by atoms with E-state index in [-0.39, 0.29) is 0 Å². The van der Waals surface area contributed by atoms with Crippen LogP contribution in [0.25, 0.3) is 22.3 Å². The molecule has 0 unspecified atom stereocenters. The standard InChI is InChI=1S/C15H10N4/c16-9-10-4-3-5-11(8-10)15-18-13-7-2-1-6-12(13)14(17)19-15/h1-8H,(H2,17,18,19). The summed E-state index contributed by atoms with van der Waals surface area (Å²) in [5, 5.41) is 9.76. The summed E-state index contributed by atoms with van der Waals surface area (Å²) in [5.41, 5.74) is 8.11. The quantitative estimate of drug-likeness (QED) is 0.716. The Morgan fingerprint density at radius 1 is 1.00 bits per heavy atom. The van der Waals surface area contributed by atoms with Gasteiger partial charge >= 0.3 is 0 Å². The molecule has 1 heterocycles. The Bertz CT molecular complexity index is 803. The normalized spacial score (nSPS) is 10.3. The number of anilines is 1. The van der Waals surface area contributed by atoms with Crippen LogP contribution in [0.2, 0.25) is 0 Å². The van der Waals surface area contributed by atoms with Crippen LogP contribution in [-0.4, -0.2) is 9.97 Å². The Hall–Kier alpha value is -2.93. The van der Waals surface area contributed by atoms with Gasteiger partial charge in [0.2, 0.25) is 0 Å². The Morgan fingerprint density at radius 3 is 2.68 bits per heavy atom. The molecule has 0 saturated heterocycles. The topological polar surface area (TPSA) is 75.6 Å². The molecule has 90 valence electrons. The highest BCUT2D eigenvalue weighted by atomic mass is 14.9. The lowest BCUT2D eigenvalue weighted by Gasteiger charge is -2.05. The molecular formula is C15H10N4. The number of benzene rings is 2. The van der Waals surface area contributed by atoms with Crippen molar-refractivity contribution in [3.05, 3.63) is 54.1 Å². The van der Waals surface area contributed by atoms with E-state index in [0.29, 0.717) is 17.2 Å². The second-order valence-corrected chi connectivity index (χ2v) is 4.14. The van der Waals surface area contributed by atoms with Gasteiger partial charge in [0, 0.05) is 10.9 Å². The van der Waals surface area contributed by atoms with Crippen molar-refractivity contribution >= 4 is 16.7 Å². The molecule has 0 saturated carbocycles. The third-order valence-corrected chi connectivity index (χ3v) is 2.88. The first kappa shape index (κ1) is 11.2. The summed E-state index contributed by atoms with van der Waals surface area (Å²) in [4.78, 5) is 8.79. The molecule has 0 aliphatic rings. The van der Waals surface area contributed by atoms with E-state index in [2.05, 4.69) is 16.0 Å². The third-order valence-electron chi connectivity index (χ3n) is 2.88. The average molecular weight is 246 g/mol. The largest absolute Gasteiger partial charge is 0.383 e. The van der Waals surface area contributed by atoms with Gasteiger partial charge in [0.15, 0.2) is 5.82 Å². The number of nitriles is 1. The van der Waals surface area contributed by atoms with Crippen molar-refractivity contribution in [1.29, 1.82) is 5.26 Å². The third kappa shape index (κ3) is 1.98. The summed E-state index contributed by atoms with van der Waals surface area (Å²) in [6, 6.07) is 16.9. The van der Waals surface area contributed by atoms with E-state index >= 15 is 0 Å². The second kappa shape index (κ2) is 4.39. The molecule has 0 aliphatic heterocycles. The molecule has 2 aromatic carbocycles. The Labute approximate surface area is 110 Å². The Balaban J connectivity index is 2.23. The molecule has 4 heteroatoms. The number of rotatable bonds is 1. The van der Waals surface area contributed by atoms with Gasteiger partial charge in [0.1, 0.15) is 5.82 Å². The first-order valence-corrected chi connectivity index (χ1v) is 5.81. The number of para-hydroxylation sites is 1. The predicted molar refractivity (Wildman–Crippen MR) is 74.1 cm³/mol. The fourth-order valence-corrected chi connectivity index (χ4v) is 1.96. The summed E-state index contributed by atoms with van der Waals surface area (Å²) < 4.78 is 0. The van der Waals surface area contributed by atoms with Crippen molar-refractivity contribution in [2.45, 2.75) is 0 Å². The van der Waals surface area contributed by atoms with Gasteiger partial charge in [-0.3, -0.25) is 0 Å². The summed E-state index contributed by atoms with van der Waals surface area (Å²) in [7, 11) is 0. The first-order valence-electron chi connectivity index (χ1n) is 5.81. The van der Waals surface area contributed by atoms with E-state index in [4.69, 9.17) is 11.0 Å². The highest BCUT2D eigenvalue weighted by molar-refractivity contribution is 5.89. The fraction of sp³-hybridized carbons (Fsp3) is 0. The Morgan fingerprint density at radius 2 is 1.84 bits per heavy atom. The van der Waals surface area contributed by atoms with Crippen molar-refractivity contribution in [2.75, 3.05) is 5.73 Å². The smallest absolute Gasteiger partial charge is 0.162 e. The number of aromatic nitrogens is 2. The molecule has 0 spiro atoms. The number of nitrogens with two attached hydrogens (primary N) is 1. The van der Waals surface area contributed by atoms with Crippen LogP contribution >= 0.6 is 0 Å². The van der Waals surface area contributed by atoms with Crippen molar-refractivity contribution < 1.29 is 0 Å². The fourth-order valence-electron chi connectivity index (χ4n) is 1.96. The number of fused-ring (bicyclic) bond motifs is 1. The maximum Gasteiger partial charge on any atom is 0.162 e. The number of hydrogen-bond acceptors (Lipinski definition) is 4. The van der Waals surface area contributed by atoms with Crippen molar-refractivity contribution in [2.24, 2.45) is 0 Å². The number of nitrogens with zero attached hydrogens (tertiary/aromatic N) is 3. The lowest BCUT2D eigenvalue weighted by atomic mass is 10.1. The van der Waals surface area contributed by atoms with Crippen LogP contribution in [0.1, 0.15) is 5.56 Å². The SMILES string of the molecule is N#Cc1cccc(-c2nc(N)c3ccccc3n2)c1. The van der Waals surface area contributed by atoms with Crippen molar-refractivity contribution in [1.82, 2.24) is 9.97 Å². The molecule has 0 aliphatic carbocycles. The summed E-state index contributed by atoms with van der Waals surface area (Å²) in [6.07, 6.45) is 0. The van der Waals surface area contributed by atoms with Crippen LogP contribution in [0.3, 0.4) is 0 Å². The maximum atomic E-state index is 8.92. The summed E-state index contributed by atoms with van der Waals surface area (Å²) in [6.45, 7) is 0. The lowest BCUT2D eigenvalue weighted by molar-refractivity contribution is 1.23. The van der Waals surface area contributed by atoms with Crippen LogP contribution in [0, 0.1) is 11.3 Å². The zero-order chi connectivity index (χ0) is 13.2. The van der Waals surface area contributed by atoms with E-state index in [9.17, 15) is 0 Å². The maximum absolute atomic E-state index is 8.92. The van der Waals surface area contributed by atoms with Gasteiger partial charge in [-0.05, 0) is 24.3 Å². The molecule has 4 nitrogen and oxygen atoms in total. The molecule has 1 aromatic heterocycles. The minimum Gasteiger partial charge on any atom is -0.383 e. The molecule has 0 amide bonds. The zero-order valence-electron chi connectivity index (χ0n) is 10.0. The van der Waals surface area contributed by atoms with Gasteiger partial charge in [-0.15, -0.1) is 0 Å². The van der Waals surface area contributed by atoms with Gasteiger partial charge in [0.05, 0.1) is 17.1 Å².